The van der Waals surface area contributed by atoms with Gasteiger partial charge in [0.25, 0.3) is 15.9 Å². The number of nitrogens with one attached hydrogen (secondary N) is 1. The molecule has 0 heterocycles. The van der Waals surface area contributed by atoms with E-state index in [1.807, 2.05) is 12.1 Å². The molecular weight excluding hydrogens is 525 g/mol. The van der Waals surface area contributed by atoms with Crippen LogP contribution >= 0.6 is 39.1 Å². The highest BCUT2D eigenvalue weighted by Gasteiger charge is 2.29. The van der Waals surface area contributed by atoms with Gasteiger partial charge in [-0.05, 0) is 42.0 Å². The highest BCUT2D eigenvalue weighted by atomic mass is 79.9. The van der Waals surface area contributed by atoms with Gasteiger partial charge in [0.15, 0.2) is 0 Å². The van der Waals surface area contributed by atoms with Crippen molar-refractivity contribution in [1.82, 2.24) is 5.43 Å². The first kappa shape index (κ1) is 23.3. The van der Waals surface area contributed by atoms with Crippen molar-refractivity contribution >= 4 is 67.0 Å². The summed E-state index contributed by atoms with van der Waals surface area (Å²) >= 11 is 15.7. The van der Waals surface area contributed by atoms with Crippen molar-refractivity contribution in [3.05, 3.63) is 92.9 Å². The number of carbonyl (C=O) groups excluding carboxylic acids is 1. The van der Waals surface area contributed by atoms with Crippen LogP contribution in [-0.4, -0.2) is 27.1 Å². The predicted octanol–water partition coefficient (Wildman–Crippen LogP) is 5.10. The molecule has 0 bridgehead atoms. The molecule has 0 fully saturated rings. The van der Waals surface area contributed by atoms with Crippen LogP contribution in [-0.2, 0) is 14.8 Å². The molecule has 0 aromatic heterocycles. The Hall–Kier alpha value is -2.39. The lowest BCUT2D eigenvalue weighted by Gasteiger charge is -2.24. The van der Waals surface area contributed by atoms with Crippen LogP contribution in [0, 0.1) is 0 Å². The number of nitrogens with zero attached hydrogens (tertiary/aromatic N) is 2. The van der Waals surface area contributed by atoms with E-state index in [0.717, 1.165) is 14.3 Å². The smallest absolute Gasteiger partial charge is 0.264 e. The van der Waals surface area contributed by atoms with Crippen molar-refractivity contribution in [2.75, 3.05) is 10.8 Å². The number of halogens is 3. The topological polar surface area (TPSA) is 78.8 Å². The second-order valence-electron chi connectivity index (χ2n) is 6.24. The molecule has 10 heteroatoms. The average molecular weight is 541 g/mol. The highest BCUT2D eigenvalue weighted by Crippen LogP contribution is 2.35. The number of rotatable bonds is 7. The molecule has 6 nitrogen and oxygen atoms in total. The molecule has 0 aliphatic heterocycles. The molecule has 3 aromatic rings. The minimum absolute atomic E-state index is 0.0113. The summed E-state index contributed by atoms with van der Waals surface area (Å²) in [6.07, 6.45) is 1.45. The second kappa shape index (κ2) is 10.3. The number of amides is 1. The number of sulfonamides is 1. The van der Waals surface area contributed by atoms with E-state index in [-0.39, 0.29) is 20.6 Å². The Morgan fingerprint density at radius 3 is 2.35 bits per heavy atom. The molecule has 0 radical (unpaired) electrons. The normalized spacial score (nSPS) is 11.5. The van der Waals surface area contributed by atoms with Crippen molar-refractivity contribution in [1.29, 1.82) is 0 Å². The Bertz CT molecular complexity index is 1200. The standard InChI is InChI=1S/C21H16BrCl2N3O3S/c22-16-11-9-15(10-12-16)13-25-26-20(28)14-27(19-8-4-7-18(23)21(19)24)31(29,30)17-5-2-1-3-6-17/h1-13H,14H2,(H,26,28)/b25-13-. The highest BCUT2D eigenvalue weighted by molar-refractivity contribution is 9.10. The zero-order chi connectivity index (χ0) is 22.4. The van der Waals surface area contributed by atoms with E-state index in [4.69, 9.17) is 23.2 Å². The molecule has 1 N–H and O–H groups in total. The van der Waals surface area contributed by atoms with Crippen LogP contribution < -0.4 is 9.73 Å². The Kier molecular flexibility index (Phi) is 7.72. The van der Waals surface area contributed by atoms with Crippen LogP contribution in [0.5, 0.6) is 0 Å². The summed E-state index contributed by atoms with van der Waals surface area (Å²) in [6.45, 7) is -0.547. The van der Waals surface area contributed by atoms with Crippen molar-refractivity contribution < 1.29 is 13.2 Å². The van der Waals surface area contributed by atoms with E-state index in [0.29, 0.717) is 0 Å². The monoisotopic (exact) mass is 539 g/mol. The molecule has 3 aromatic carbocycles. The Labute approximate surface area is 198 Å². The first-order valence-electron chi connectivity index (χ1n) is 8.88. The molecule has 0 spiro atoms. The molecule has 1 amide bonds. The Balaban J connectivity index is 1.87. The zero-order valence-corrected chi connectivity index (χ0v) is 19.8. The SMILES string of the molecule is O=C(CN(c1cccc(Cl)c1Cl)S(=O)(=O)c1ccccc1)N/N=C\c1ccc(Br)cc1. The first-order valence-corrected chi connectivity index (χ1v) is 11.9. The zero-order valence-electron chi connectivity index (χ0n) is 15.9. The van der Waals surface area contributed by atoms with Crippen LogP contribution in [0.15, 0.2) is 87.3 Å². The van der Waals surface area contributed by atoms with Gasteiger partial charge in [0.05, 0.1) is 26.8 Å². The van der Waals surface area contributed by atoms with Gasteiger partial charge in [-0.15, -0.1) is 0 Å². The summed E-state index contributed by atoms with van der Waals surface area (Å²) < 4.78 is 28.3. The van der Waals surface area contributed by atoms with Gasteiger partial charge in [-0.1, -0.05) is 75.5 Å². The fourth-order valence-corrected chi connectivity index (χ4v) is 4.76. The van der Waals surface area contributed by atoms with E-state index in [1.165, 1.54) is 30.5 Å². The number of hydrogen-bond acceptors (Lipinski definition) is 4. The number of anilines is 1. The maximum absolute atomic E-state index is 13.3. The number of carbonyl (C=O) groups is 1. The number of hydrogen-bond donors (Lipinski definition) is 1. The van der Waals surface area contributed by atoms with E-state index in [2.05, 4.69) is 26.5 Å². The van der Waals surface area contributed by atoms with Gasteiger partial charge in [0.1, 0.15) is 6.54 Å². The molecular formula is C21H16BrCl2N3O3S. The maximum atomic E-state index is 13.3. The van der Waals surface area contributed by atoms with Crippen LogP contribution in [0.4, 0.5) is 5.69 Å². The van der Waals surface area contributed by atoms with Gasteiger partial charge in [0, 0.05) is 4.47 Å². The van der Waals surface area contributed by atoms with Gasteiger partial charge in [-0.25, -0.2) is 13.8 Å². The molecule has 0 aliphatic carbocycles. The van der Waals surface area contributed by atoms with E-state index >= 15 is 0 Å². The van der Waals surface area contributed by atoms with E-state index < -0.39 is 22.5 Å². The van der Waals surface area contributed by atoms with Crippen molar-refractivity contribution in [3.8, 4) is 0 Å². The maximum Gasteiger partial charge on any atom is 0.264 e. The van der Waals surface area contributed by atoms with Crippen LogP contribution in [0.25, 0.3) is 0 Å². The summed E-state index contributed by atoms with van der Waals surface area (Å²) in [5, 5.41) is 4.08. The second-order valence-corrected chi connectivity index (χ2v) is 9.81. The number of benzene rings is 3. The lowest BCUT2D eigenvalue weighted by Crippen LogP contribution is -2.39. The average Bonchev–Trinajstić information content (AvgIpc) is 2.76. The minimum Gasteiger partial charge on any atom is -0.271 e. The third-order valence-corrected chi connectivity index (χ3v) is 7.20. The van der Waals surface area contributed by atoms with Crippen LogP contribution in [0.3, 0.4) is 0 Å². The Morgan fingerprint density at radius 1 is 1.00 bits per heavy atom. The van der Waals surface area contributed by atoms with Gasteiger partial charge in [-0.3, -0.25) is 9.10 Å². The molecule has 160 valence electrons. The molecule has 0 saturated heterocycles. The lowest BCUT2D eigenvalue weighted by atomic mass is 10.2. The third-order valence-electron chi connectivity index (χ3n) is 4.09. The van der Waals surface area contributed by atoms with Gasteiger partial charge in [0.2, 0.25) is 0 Å². The predicted molar refractivity (Wildman–Crippen MR) is 127 cm³/mol. The van der Waals surface area contributed by atoms with Crippen LogP contribution in [0.1, 0.15) is 5.56 Å². The lowest BCUT2D eigenvalue weighted by molar-refractivity contribution is -0.119. The molecule has 0 atom stereocenters. The van der Waals surface area contributed by atoms with Crippen molar-refractivity contribution in [2.24, 2.45) is 5.10 Å². The largest absolute Gasteiger partial charge is 0.271 e. The van der Waals surface area contributed by atoms with Gasteiger partial charge >= 0.3 is 0 Å². The Morgan fingerprint density at radius 2 is 1.68 bits per heavy atom. The minimum atomic E-state index is -4.10. The first-order chi connectivity index (χ1) is 14.8. The molecule has 3 rings (SSSR count). The molecule has 0 saturated carbocycles. The number of hydrazone groups is 1. The summed E-state index contributed by atoms with van der Waals surface area (Å²) in [4.78, 5) is 12.5. The third kappa shape index (κ3) is 5.86. The van der Waals surface area contributed by atoms with Crippen molar-refractivity contribution in [2.45, 2.75) is 4.90 Å². The molecule has 0 unspecified atom stereocenters. The molecule has 31 heavy (non-hydrogen) atoms. The van der Waals surface area contributed by atoms with E-state index in [9.17, 15) is 13.2 Å². The van der Waals surface area contributed by atoms with Gasteiger partial charge < -0.3 is 0 Å². The molecule has 0 aliphatic rings. The van der Waals surface area contributed by atoms with Crippen LogP contribution in [0.2, 0.25) is 10.0 Å². The van der Waals surface area contributed by atoms with Gasteiger partial charge in [-0.2, -0.15) is 5.10 Å². The van der Waals surface area contributed by atoms with E-state index in [1.54, 1.807) is 36.4 Å². The fourth-order valence-electron chi connectivity index (χ4n) is 2.60. The quantitative estimate of drug-likeness (QED) is 0.334. The summed E-state index contributed by atoms with van der Waals surface area (Å²) in [6, 6.07) is 19.6. The van der Waals surface area contributed by atoms with Crippen molar-refractivity contribution in [3.63, 3.8) is 0 Å². The fraction of sp³-hybridized carbons (Fsp3) is 0.0476. The summed E-state index contributed by atoms with van der Waals surface area (Å²) in [5.74, 6) is -0.649. The summed E-state index contributed by atoms with van der Waals surface area (Å²) in [5.41, 5.74) is 3.19. The summed E-state index contributed by atoms with van der Waals surface area (Å²) in [7, 11) is -4.10.